The molecule has 8 rings (SSSR count). The van der Waals surface area contributed by atoms with Crippen LogP contribution < -0.4 is 10.6 Å². The highest BCUT2D eigenvalue weighted by atomic mass is 32.1. The number of ether oxygens (including phenoxy) is 1. The summed E-state index contributed by atoms with van der Waals surface area (Å²) >= 11 is 1.33. The van der Waals surface area contributed by atoms with Crippen LogP contribution in [0.1, 0.15) is 42.6 Å². The van der Waals surface area contributed by atoms with Gasteiger partial charge in [0.2, 0.25) is 11.9 Å². The maximum atomic E-state index is 15.2. The SMILES string of the molecule is COC(=O)N(C1c2ccccc2-c2ccccc21)[C@H](C)C(=O)N[C@H](C)c1ccc(F)cc1-c1cccc2cc(-c3nc(NCCn4ccnn4)ncc3F)sc12. The zero-order valence-corrected chi connectivity index (χ0v) is 31.4. The third kappa shape index (κ3) is 6.83. The second-order valence-electron chi connectivity index (χ2n) is 13.4. The fourth-order valence-electron chi connectivity index (χ4n) is 7.35. The second kappa shape index (κ2) is 15.3. The van der Waals surface area contributed by atoms with Crippen molar-refractivity contribution in [3.8, 4) is 32.8 Å². The van der Waals surface area contributed by atoms with Crippen molar-refractivity contribution in [1.82, 2.24) is 35.2 Å². The molecule has 0 saturated heterocycles. The number of methoxy groups -OCH3 is 1. The molecule has 1 aliphatic carbocycles. The maximum absolute atomic E-state index is 15.2. The molecule has 14 heteroatoms. The molecule has 7 aromatic rings. The molecular weight excluding hydrogens is 735 g/mol. The Morgan fingerprint density at radius 3 is 2.38 bits per heavy atom. The van der Waals surface area contributed by atoms with Crippen molar-refractivity contribution in [2.24, 2.45) is 0 Å². The number of amides is 2. The van der Waals surface area contributed by atoms with Crippen LogP contribution in [0.25, 0.3) is 42.9 Å². The van der Waals surface area contributed by atoms with Gasteiger partial charge in [-0.2, -0.15) is 0 Å². The summed E-state index contributed by atoms with van der Waals surface area (Å²) in [5, 5.41) is 14.7. The van der Waals surface area contributed by atoms with Gasteiger partial charge >= 0.3 is 6.09 Å². The third-order valence-corrected chi connectivity index (χ3v) is 11.2. The molecule has 0 bridgehead atoms. The van der Waals surface area contributed by atoms with Gasteiger partial charge < -0.3 is 15.4 Å². The Morgan fingerprint density at radius 1 is 0.929 bits per heavy atom. The number of fused-ring (bicyclic) bond motifs is 4. The van der Waals surface area contributed by atoms with Gasteiger partial charge in [-0.3, -0.25) is 14.4 Å². The molecule has 56 heavy (non-hydrogen) atoms. The Labute approximate surface area is 325 Å². The van der Waals surface area contributed by atoms with Crippen molar-refractivity contribution in [2.75, 3.05) is 19.0 Å². The average molecular weight is 771 g/mol. The van der Waals surface area contributed by atoms with Crippen LogP contribution >= 0.6 is 11.3 Å². The molecule has 2 amide bonds. The highest BCUT2D eigenvalue weighted by molar-refractivity contribution is 7.22. The van der Waals surface area contributed by atoms with E-state index in [2.05, 4.69) is 30.9 Å². The summed E-state index contributed by atoms with van der Waals surface area (Å²) in [5.74, 6) is -1.19. The van der Waals surface area contributed by atoms with Crippen LogP contribution in [0.5, 0.6) is 0 Å². The molecule has 0 aliphatic heterocycles. The zero-order chi connectivity index (χ0) is 38.9. The summed E-state index contributed by atoms with van der Waals surface area (Å²) in [5.41, 5.74) is 5.83. The van der Waals surface area contributed by atoms with Crippen molar-refractivity contribution in [3.05, 3.63) is 138 Å². The number of carbonyl (C=O) groups excluding carboxylic acids is 2. The van der Waals surface area contributed by atoms with Gasteiger partial charge in [-0.15, -0.1) is 16.4 Å². The number of thiophene rings is 1. The number of rotatable bonds is 11. The number of hydrogen-bond donors (Lipinski definition) is 2. The Kier molecular flexibility index (Phi) is 9.96. The molecule has 0 saturated carbocycles. The fourth-order valence-corrected chi connectivity index (χ4v) is 8.53. The quantitative estimate of drug-likeness (QED) is 0.134. The normalized spacial score (nSPS) is 13.2. The standard InChI is InChI=1S/C42H36F2N8O3S/c1-24(48-40(53)25(2)52(42(54)55-3)38-31-12-6-4-10-29(31)30-11-5-7-13-32(30)38)28-16-15-27(43)22-34(28)33-14-8-9-26-21-36(56-39(26)33)37-35(44)23-46-41(49-37)45-17-19-51-20-18-47-50-51/h4-16,18,20-25,38H,17,19H2,1-3H3,(H,48,53)(H,45,46,49)/t24-,25-/m1/s1. The van der Waals surface area contributed by atoms with Gasteiger partial charge in [0.15, 0.2) is 5.82 Å². The van der Waals surface area contributed by atoms with E-state index >= 15 is 8.78 Å². The van der Waals surface area contributed by atoms with E-state index in [-0.39, 0.29) is 11.6 Å². The van der Waals surface area contributed by atoms with Gasteiger partial charge in [0.1, 0.15) is 17.6 Å². The van der Waals surface area contributed by atoms with Crippen molar-refractivity contribution in [3.63, 3.8) is 0 Å². The van der Waals surface area contributed by atoms with Gasteiger partial charge in [0, 0.05) is 17.4 Å². The van der Waals surface area contributed by atoms with Gasteiger partial charge in [0.25, 0.3) is 0 Å². The summed E-state index contributed by atoms with van der Waals surface area (Å²) in [4.78, 5) is 38.3. The molecule has 4 aromatic carbocycles. The lowest BCUT2D eigenvalue weighted by atomic mass is 9.94. The summed E-state index contributed by atoms with van der Waals surface area (Å²) in [7, 11) is 1.30. The van der Waals surface area contributed by atoms with Crippen LogP contribution in [-0.4, -0.2) is 61.6 Å². The molecule has 0 spiro atoms. The Morgan fingerprint density at radius 2 is 1.66 bits per heavy atom. The molecule has 1 aliphatic rings. The summed E-state index contributed by atoms with van der Waals surface area (Å²) < 4.78 is 38.0. The van der Waals surface area contributed by atoms with E-state index in [1.165, 1.54) is 35.5 Å². The lowest BCUT2D eigenvalue weighted by molar-refractivity contribution is -0.126. The largest absolute Gasteiger partial charge is 0.453 e. The van der Waals surface area contributed by atoms with E-state index < -0.39 is 41.8 Å². The summed E-state index contributed by atoms with van der Waals surface area (Å²) in [6.45, 7) is 4.46. The first-order chi connectivity index (χ1) is 27.2. The topological polar surface area (TPSA) is 127 Å². The van der Waals surface area contributed by atoms with Crippen LogP contribution in [0.4, 0.5) is 19.5 Å². The first kappa shape index (κ1) is 36.4. The van der Waals surface area contributed by atoms with Crippen molar-refractivity contribution >= 4 is 39.4 Å². The van der Waals surface area contributed by atoms with E-state index in [1.54, 1.807) is 30.1 Å². The predicted octanol–water partition coefficient (Wildman–Crippen LogP) is 8.41. The maximum Gasteiger partial charge on any atom is 0.410 e. The van der Waals surface area contributed by atoms with E-state index in [0.717, 1.165) is 38.5 Å². The smallest absolute Gasteiger partial charge is 0.410 e. The molecule has 3 aromatic heterocycles. The number of anilines is 1. The number of benzene rings is 4. The first-order valence-corrected chi connectivity index (χ1v) is 18.8. The summed E-state index contributed by atoms with van der Waals surface area (Å²) in [6.07, 6.45) is 3.81. The number of aromatic nitrogens is 5. The van der Waals surface area contributed by atoms with E-state index in [4.69, 9.17) is 4.74 Å². The van der Waals surface area contributed by atoms with E-state index in [9.17, 15) is 9.59 Å². The lowest BCUT2D eigenvalue weighted by Gasteiger charge is -2.34. The fraction of sp³-hybridized carbons (Fsp3) is 0.190. The summed E-state index contributed by atoms with van der Waals surface area (Å²) in [6, 6.07) is 25.5. The zero-order valence-electron chi connectivity index (χ0n) is 30.6. The van der Waals surface area contributed by atoms with Crippen LogP contribution in [0.3, 0.4) is 0 Å². The predicted molar refractivity (Wildman–Crippen MR) is 211 cm³/mol. The molecule has 2 atom stereocenters. The van der Waals surface area contributed by atoms with Crippen LogP contribution in [0.2, 0.25) is 0 Å². The molecule has 2 N–H and O–H groups in total. The lowest BCUT2D eigenvalue weighted by Crippen LogP contribution is -2.50. The number of halogens is 2. The van der Waals surface area contributed by atoms with Crippen LogP contribution in [0.15, 0.2) is 110 Å². The highest BCUT2D eigenvalue weighted by Crippen LogP contribution is 2.47. The molecule has 3 heterocycles. The van der Waals surface area contributed by atoms with Crippen LogP contribution in [0, 0.1) is 11.6 Å². The van der Waals surface area contributed by atoms with E-state index in [1.807, 2.05) is 79.7 Å². The first-order valence-electron chi connectivity index (χ1n) is 18.0. The number of carbonyl (C=O) groups is 2. The van der Waals surface area contributed by atoms with Crippen molar-refractivity contribution < 1.29 is 23.1 Å². The second-order valence-corrected chi connectivity index (χ2v) is 14.5. The third-order valence-electron chi connectivity index (χ3n) is 10.0. The number of nitrogens with zero attached hydrogens (tertiary/aromatic N) is 6. The average Bonchev–Trinajstić information content (AvgIpc) is 3.97. The number of nitrogens with one attached hydrogen (secondary N) is 2. The number of hydrogen-bond acceptors (Lipinski definition) is 9. The minimum Gasteiger partial charge on any atom is -0.453 e. The Balaban J connectivity index is 1.08. The Hall–Kier alpha value is -6.54. The van der Waals surface area contributed by atoms with Gasteiger partial charge in [-0.25, -0.2) is 23.5 Å². The molecule has 0 radical (unpaired) electrons. The van der Waals surface area contributed by atoms with Crippen molar-refractivity contribution in [1.29, 1.82) is 0 Å². The monoisotopic (exact) mass is 770 g/mol. The molecule has 11 nitrogen and oxygen atoms in total. The van der Waals surface area contributed by atoms with Crippen molar-refractivity contribution in [2.45, 2.75) is 38.5 Å². The highest BCUT2D eigenvalue weighted by Gasteiger charge is 2.40. The van der Waals surface area contributed by atoms with E-state index in [0.29, 0.717) is 34.7 Å². The Bertz CT molecular complexity index is 2530. The minimum atomic E-state index is -0.953. The molecule has 282 valence electrons. The van der Waals surface area contributed by atoms with Crippen LogP contribution in [-0.2, 0) is 16.1 Å². The van der Waals surface area contributed by atoms with Gasteiger partial charge in [-0.1, -0.05) is 78.0 Å². The van der Waals surface area contributed by atoms with Gasteiger partial charge in [-0.05, 0) is 76.4 Å². The molecule has 0 fully saturated rings. The molecular formula is C42H36F2N8O3S. The molecule has 0 unspecified atom stereocenters. The van der Waals surface area contributed by atoms with Gasteiger partial charge in [0.05, 0.1) is 43.0 Å². The minimum absolute atomic E-state index is 0.132.